The predicted octanol–water partition coefficient (Wildman–Crippen LogP) is 2.74. The zero-order chi connectivity index (χ0) is 11.7. The number of benzene rings is 1. The molecule has 0 aliphatic heterocycles. The topological polar surface area (TPSA) is 51.8 Å². The maximum Gasteiger partial charge on any atom is 0.115 e. The Labute approximate surface area is 103 Å². The summed E-state index contributed by atoms with van der Waals surface area (Å²) in [5.41, 5.74) is 8.33. The molecule has 2 aromatic heterocycles. The SMILES string of the molecule is NC(c1cncnc1)c1csc2ccccc12. The van der Waals surface area contributed by atoms with Crippen LogP contribution in [-0.2, 0) is 0 Å². The van der Waals surface area contributed by atoms with Crippen molar-refractivity contribution in [3.05, 3.63) is 59.5 Å². The first-order valence-corrected chi connectivity index (χ1v) is 6.21. The van der Waals surface area contributed by atoms with Crippen molar-refractivity contribution in [2.75, 3.05) is 0 Å². The molecule has 2 N–H and O–H groups in total. The molecule has 17 heavy (non-hydrogen) atoms. The molecule has 3 rings (SSSR count). The van der Waals surface area contributed by atoms with Crippen molar-refractivity contribution >= 4 is 21.4 Å². The monoisotopic (exact) mass is 241 g/mol. The molecule has 1 unspecified atom stereocenters. The fourth-order valence-corrected chi connectivity index (χ4v) is 2.89. The van der Waals surface area contributed by atoms with Crippen molar-refractivity contribution in [2.24, 2.45) is 5.73 Å². The highest BCUT2D eigenvalue weighted by Gasteiger charge is 2.13. The lowest BCUT2D eigenvalue weighted by atomic mass is 10.0. The van der Waals surface area contributed by atoms with Crippen molar-refractivity contribution in [1.82, 2.24) is 9.97 Å². The van der Waals surface area contributed by atoms with Crippen LogP contribution in [0.15, 0.2) is 48.4 Å². The third-order valence-corrected chi connectivity index (χ3v) is 3.77. The van der Waals surface area contributed by atoms with E-state index >= 15 is 0 Å². The summed E-state index contributed by atoms with van der Waals surface area (Å²) in [7, 11) is 0. The molecule has 0 radical (unpaired) electrons. The molecule has 0 spiro atoms. The van der Waals surface area contributed by atoms with Gasteiger partial charge in [-0.05, 0) is 22.4 Å². The van der Waals surface area contributed by atoms with E-state index in [1.165, 1.54) is 16.4 Å². The lowest BCUT2D eigenvalue weighted by Gasteiger charge is -2.10. The number of aromatic nitrogens is 2. The van der Waals surface area contributed by atoms with E-state index in [1.807, 2.05) is 12.1 Å². The fraction of sp³-hybridized carbons (Fsp3) is 0.0769. The second kappa shape index (κ2) is 4.24. The molecule has 2 heterocycles. The third-order valence-electron chi connectivity index (χ3n) is 2.79. The van der Waals surface area contributed by atoms with E-state index in [4.69, 9.17) is 5.73 Å². The molecule has 0 amide bonds. The molecule has 0 fully saturated rings. The van der Waals surface area contributed by atoms with Gasteiger partial charge in [-0.25, -0.2) is 9.97 Å². The van der Waals surface area contributed by atoms with Crippen LogP contribution in [0.1, 0.15) is 17.2 Å². The van der Waals surface area contributed by atoms with Crippen molar-refractivity contribution < 1.29 is 0 Å². The molecule has 0 aliphatic rings. The van der Waals surface area contributed by atoms with E-state index in [9.17, 15) is 0 Å². The minimum atomic E-state index is -0.160. The number of nitrogens with zero attached hydrogens (tertiary/aromatic N) is 2. The van der Waals surface area contributed by atoms with Gasteiger partial charge in [-0.1, -0.05) is 18.2 Å². The third kappa shape index (κ3) is 1.81. The van der Waals surface area contributed by atoms with Crippen LogP contribution in [0.25, 0.3) is 10.1 Å². The Bertz CT molecular complexity index is 633. The average molecular weight is 241 g/mol. The second-order valence-corrected chi connectivity index (χ2v) is 4.75. The molecule has 1 aromatic carbocycles. The molecule has 0 aliphatic carbocycles. The van der Waals surface area contributed by atoms with Gasteiger partial charge in [0.05, 0.1) is 6.04 Å². The molecule has 1 atom stereocenters. The molecule has 0 saturated carbocycles. The number of fused-ring (bicyclic) bond motifs is 1. The van der Waals surface area contributed by atoms with Gasteiger partial charge in [0.15, 0.2) is 0 Å². The fourth-order valence-electron chi connectivity index (χ4n) is 1.89. The van der Waals surface area contributed by atoms with Crippen LogP contribution in [0.3, 0.4) is 0 Å². The summed E-state index contributed by atoms with van der Waals surface area (Å²) in [4.78, 5) is 8.02. The number of hydrogen-bond donors (Lipinski definition) is 1. The Hall–Kier alpha value is -1.78. The Balaban J connectivity index is 2.10. The molecular formula is C13H11N3S. The van der Waals surface area contributed by atoms with Gasteiger partial charge in [-0.3, -0.25) is 0 Å². The van der Waals surface area contributed by atoms with Crippen LogP contribution in [0.5, 0.6) is 0 Å². The number of rotatable bonds is 2. The summed E-state index contributed by atoms with van der Waals surface area (Å²) in [5, 5.41) is 3.33. The highest BCUT2D eigenvalue weighted by atomic mass is 32.1. The first kappa shape index (κ1) is 10.4. The minimum absolute atomic E-state index is 0.160. The average Bonchev–Trinajstić information content (AvgIpc) is 2.83. The van der Waals surface area contributed by atoms with Crippen LogP contribution in [0.4, 0.5) is 0 Å². The van der Waals surface area contributed by atoms with Gasteiger partial charge in [0, 0.05) is 22.7 Å². The molecule has 4 heteroatoms. The summed E-state index contributed by atoms with van der Waals surface area (Å²) in [6.07, 6.45) is 5.05. The molecule has 84 valence electrons. The van der Waals surface area contributed by atoms with E-state index in [-0.39, 0.29) is 6.04 Å². The predicted molar refractivity (Wildman–Crippen MR) is 69.9 cm³/mol. The number of thiophene rings is 1. The first-order valence-electron chi connectivity index (χ1n) is 5.33. The molecular weight excluding hydrogens is 230 g/mol. The van der Waals surface area contributed by atoms with Crippen molar-refractivity contribution in [3.8, 4) is 0 Å². The summed E-state index contributed by atoms with van der Waals surface area (Å²) in [5.74, 6) is 0. The van der Waals surface area contributed by atoms with Crippen molar-refractivity contribution in [1.29, 1.82) is 0 Å². The minimum Gasteiger partial charge on any atom is -0.320 e. The standard InChI is InChI=1S/C13H11N3S/c14-13(9-5-15-8-16-6-9)11-7-17-12-4-2-1-3-10(11)12/h1-8,13H,14H2. The van der Waals surface area contributed by atoms with E-state index in [0.717, 1.165) is 11.1 Å². The lowest BCUT2D eigenvalue weighted by Crippen LogP contribution is -2.11. The second-order valence-electron chi connectivity index (χ2n) is 3.84. The Morgan fingerprint density at radius 2 is 1.88 bits per heavy atom. The Kier molecular flexibility index (Phi) is 2.59. The summed E-state index contributed by atoms with van der Waals surface area (Å²) < 4.78 is 1.26. The van der Waals surface area contributed by atoms with E-state index < -0.39 is 0 Å². The maximum atomic E-state index is 6.25. The van der Waals surface area contributed by atoms with Gasteiger partial charge >= 0.3 is 0 Å². The highest BCUT2D eigenvalue weighted by Crippen LogP contribution is 2.31. The quantitative estimate of drug-likeness (QED) is 0.750. The first-order chi connectivity index (χ1) is 8.36. The Morgan fingerprint density at radius 3 is 2.71 bits per heavy atom. The van der Waals surface area contributed by atoms with Crippen molar-refractivity contribution in [3.63, 3.8) is 0 Å². The van der Waals surface area contributed by atoms with E-state index in [1.54, 1.807) is 23.7 Å². The molecule has 3 aromatic rings. The smallest absolute Gasteiger partial charge is 0.115 e. The van der Waals surface area contributed by atoms with Crippen LogP contribution in [0.2, 0.25) is 0 Å². The molecule has 3 nitrogen and oxygen atoms in total. The molecule has 0 saturated heterocycles. The summed E-state index contributed by atoms with van der Waals surface area (Å²) in [6.45, 7) is 0. The highest BCUT2D eigenvalue weighted by molar-refractivity contribution is 7.17. The van der Waals surface area contributed by atoms with E-state index in [0.29, 0.717) is 0 Å². The Morgan fingerprint density at radius 1 is 1.12 bits per heavy atom. The van der Waals surface area contributed by atoms with Gasteiger partial charge in [0.1, 0.15) is 6.33 Å². The molecule has 0 bridgehead atoms. The van der Waals surface area contributed by atoms with Crippen LogP contribution in [-0.4, -0.2) is 9.97 Å². The lowest BCUT2D eigenvalue weighted by molar-refractivity contribution is 0.862. The van der Waals surface area contributed by atoms with Crippen LogP contribution < -0.4 is 5.73 Å². The van der Waals surface area contributed by atoms with Gasteiger partial charge in [-0.15, -0.1) is 11.3 Å². The number of nitrogens with two attached hydrogens (primary N) is 1. The summed E-state index contributed by atoms with van der Waals surface area (Å²) >= 11 is 1.72. The number of hydrogen-bond acceptors (Lipinski definition) is 4. The van der Waals surface area contributed by atoms with Crippen LogP contribution in [0, 0.1) is 0 Å². The maximum absolute atomic E-state index is 6.25. The van der Waals surface area contributed by atoms with Crippen molar-refractivity contribution in [2.45, 2.75) is 6.04 Å². The van der Waals surface area contributed by atoms with Gasteiger partial charge in [0.2, 0.25) is 0 Å². The van der Waals surface area contributed by atoms with Gasteiger partial charge in [-0.2, -0.15) is 0 Å². The van der Waals surface area contributed by atoms with E-state index in [2.05, 4.69) is 27.5 Å². The zero-order valence-electron chi connectivity index (χ0n) is 9.08. The zero-order valence-corrected chi connectivity index (χ0v) is 9.89. The van der Waals surface area contributed by atoms with Gasteiger partial charge < -0.3 is 5.73 Å². The van der Waals surface area contributed by atoms with Gasteiger partial charge in [0.25, 0.3) is 0 Å². The normalized spacial score (nSPS) is 12.8. The summed E-state index contributed by atoms with van der Waals surface area (Å²) in [6, 6.07) is 8.13. The van der Waals surface area contributed by atoms with Crippen LogP contribution >= 0.6 is 11.3 Å². The largest absolute Gasteiger partial charge is 0.320 e.